The Morgan fingerprint density at radius 1 is 0.914 bits per heavy atom. The summed E-state index contributed by atoms with van der Waals surface area (Å²) in [6.07, 6.45) is -0.630. The van der Waals surface area contributed by atoms with Gasteiger partial charge in [-0.25, -0.2) is 0 Å². The van der Waals surface area contributed by atoms with E-state index in [2.05, 4.69) is 33.9 Å². The zero-order valence-corrected chi connectivity index (χ0v) is 24.7. The molecule has 1 unspecified atom stereocenters. The van der Waals surface area contributed by atoms with Gasteiger partial charge in [-0.15, -0.1) is 0 Å². The minimum Gasteiger partial charge on any atom is -0.416 e. The molecular weight excluding hydrogens is 476 g/mol. The average molecular weight is 521 g/mol. The molecule has 2 rings (SSSR count). The summed E-state index contributed by atoms with van der Waals surface area (Å²) in [7, 11) is -5.99. The molecule has 5 nitrogen and oxygen atoms in total. The molecule has 0 fully saturated rings. The summed E-state index contributed by atoms with van der Waals surface area (Å²) in [5.74, 6) is -0.183. The topological polar surface area (TPSA) is 61.8 Å². The van der Waals surface area contributed by atoms with E-state index >= 15 is 0 Å². The fraction of sp³-hybridized carbons (Fsp3) is 0.571. The summed E-state index contributed by atoms with van der Waals surface area (Å²) < 4.78 is 45.0. The molecule has 0 N–H and O–H groups in total. The first-order valence-corrected chi connectivity index (χ1v) is 16.6. The van der Waals surface area contributed by atoms with E-state index in [1.165, 1.54) is 0 Å². The van der Waals surface area contributed by atoms with Crippen LogP contribution in [0.25, 0.3) is 0 Å². The van der Waals surface area contributed by atoms with Gasteiger partial charge in [0.1, 0.15) is 0 Å². The molecule has 7 heteroatoms. The van der Waals surface area contributed by atoms with Gasteiger partial charge in [-0.2, -0.15) is 8.42 Å². The summed E-state index contributed by atoms with van der Waals surface area (Å²) in [4.78, 5) is 0.159. The SMILES string of the molecule is Cc1ccc(S(=O)(=O)OC([C@@H](C)COCc2ccccc2)C(C)(C)CO[Si](C)(C)C(C)(C)C)cc1. The lowest BCUT2D eigenvalue weighted by atomic mass is 9.81. The normalized spacial score (nSPS) is 15.1. The predicted molar refractivity (Wildman–Crippen MR) is 145 cm³/mol. The number of aryl methyl sites for hydroxylation is 1. The van der Waals surface area contributed by atoms with Crippen molar-refractivity contribution < 1.29 is 21.8 Å². The highest BCUT2D eigenvalue weighted by molar-refractivity contribution is 7.86. The largest absolute Gasteiger partial charge is 0.416 e. The quantitative estimate of drug-likeness (QED) is 0.223. The molecule has 2 atom stereocenters. The first-order valence-electron chi connectivity index (χ1n) is 12.3. The molecule has 0 radical (unpaired) electrons. The Kier molecular flexibility index (Phi) is 9.93. The maximum absolute atomic E-state index is 13.3. The minimum absolute atomic E-state index is 0.0534. The van der Waals surface area contributed by atoms with Crippen molar-refractivity contribution in [3.63, 3.8) is 0 Å². The lowest BCUT2D eigenvalue weighted by Crippen LogP contribution is -2.48. The van der Waals surface area contributed by atoms with Gasteiger partial charge < -0.3 is 9.16 Å². The molecule has 0 saturated heterocycles. The zero-order chi connectivity index (χ0) is 26.5. The molecule has 0 heterocycles. The first kappa shape index (κ1) is 29.7. The Morgan fingerprint density at radius 2 is 1.49 bits per heavy atom. The van der Waals surface area contributed by atoms with Crippen molar-refractivity contribution in [3.8, 4) is 0 Å². The third kappa shape index (κ3) is 8.53. The average Bonchev–Trinajstić information content (AvgIpc) is 2.76. The van der Waals surface area contributed by atoms with Crippen LogP contribution in [-0.4, -0.2) is 36.1 Å². The van der Waals surface area contributed by atoms with E-state index in [9.17, 15) is 8.42 Å². The highest BCUT2D eigenvalue weighted by Gasteiger charge is 2.43. The van der Waals surface area contributed by atoms with Gasteiger partial charge in [-0.05, 0) is 42.8 Å². The smallest absolute Gasteiger partial charge is 0.297 e. The second-order valence-electron chi connectivity index (χ2n) is 11.8. The van der Waals surface area contributed by atoms with Gasteiger partial charge in [0.05, 0.1) is 24.2 Å². The molecule has 0 aliphatic heterocycles. The molecular formula is C28H44O5SSi. The zero-order valence-electron chi connectivity index (χ0n) is 22.9. The van der Waals surface area contributed by atoms with Crippen LogP contribution in [0.5, 0.6) is 0 Å². The van der Waals surface area contributed by atoms with Crippen LogP contribution < -0.4 is 0 Å². The number of ether oxygens (including phenoxy) is 1. The maximum atomic E-state index is 13.3. The molecule has 2 aromatic carbocycles. The molecule has 0 bridgehead atoms. The van der Waals surface area contributed by atoms with Crippen LogP contribution in [0.4, 0.5) is 0 Å². The Balaban J connectivity index is 2.24. The highest BCUT2D eigenvalue weighted by Crippen LogP contribution is 2.39. The van der Waals surface area contributed by atoms with Gasteiger partial charge in [0.25, 0.3) is 10.1 Å². The first-order chi connectivity index (χ1) is 16.1. The number of rotatable bonds is 12. The number of hydrogen-bond donors (Lipinski definition) is 0. The van der Waals surface area contributed by atoms with E-state index in [0.29, 0.717) is 19.8 Å². The second-order valence-corrected chi connectivity index (χ2v) is 18.2. The fourth-order valence-corrected chi connectivity index (χ4v) is 6.05. The van der Waals surface area contributed by atoms with Crippen LogP contribution in [-0.2, 0) is 30.1 Å². The summed E-state index contributed by atoms with van der Waals surface area (Å²) in [6, 6.07) is 16.7. The Morgan fingerprint density at radius 3 is 2.03 bits per heavy atom. The minimum atomic E-state index is -3.96. The van der Waals surface area contributed by atoms with E-state index in [-0.39, 0.29) is 15.9 Å². The van der Waals surface area contributed by atoms with Crippen LogP contribution in [0.15, 0.2) is 59.5 Å². The van der Waals surface area contributed by atoms with E-state index in [0.717, 1.165) is 11.1 Å². The van der Waals surface area contributed by atoms with E-state index < -0.39 is 30.0 Å². The Hall–Kier alpha value is -1.51. The fourth-order valence-electron chi connectivity index (χ4n) is 3.58. The van der Waals surface area contributed by atoms with E-state index in [1.54, 1.807) is 24.3 Å². The predicted octanol–water partition coefficient (Wildman–Crippen LogP) is 6.97. The molecule has 0 aliphatic carbocycles. The van der Waals surface area contributed by atoms with Crippen molar-refractivity contribution in [1.82, 2.24) is 0 Å². The van der Waals surface area contributed by atoms with Crippen molar-refractivity contribution in [1.29, 1.82) is 0 Å². The van der Waals surface area contributed by atoms with Crippen molar-refractivity contribution in [3.05, 3.63) is 65.7 Å². The van der Waals surface area contributed by atoms with Gasteiger partial charge in [0, 0.05) is 17.9 Å². The number of benzene rings is 2. The third-order valence-corrected chi connectivity index (χ3v) is 12.7. The van der Waals surface area contributed by atoms with E-state index in [4.69, 9.17) is 13.3 Å². The Labute approximate surface area is 214 Å². The third-order valence-electron chi connectivity index (χ3n) is 6.93. The molecule has 35 heavy (non-hydrogen) atoms. The van der Waals surface area contributed by atoms with Crippen LogP contribution >= 0.6 is 0 Å². The molecule has 0 amide bonds. The van der Waals surface area contributed by atoms with Crippen molar-refractivity contribution >= 4 is 18.4 Å². The van der Waals surface area contributed by atoms with Gasteiger partial charge in [-0.1, -0.05) is 89.6 Å². The molecule has 0 saturated carbocycles. The molecule has 0 aromatic heterocycles. The maximum Gasteiger partial charge on any atom is 0.297 e. The molecule has 0 aliphatic rings. The lowest BCUT2D eigenvalue weighted by molar-refractivity contribution is -0.0319. The highest BCUT2D eigenvalue weighted by atomic mass is 32.2. The van der Waals surface area contributed by atoms with Crippen LogP contribution in [0, 0.1) is 18.3 Å². The van der Waals surface area contributed by atoms with Gasteiger partial charge in [-0.3, -0.25) is 4.18 Å². The number of hydrogen-bond acceptors (Lipinski definition) is 5. The molecule has 2 aromatic rings. The summed E-state index contributed by atoms with van der Waals surface area (Å²) in [6.45, 7) is 20.2. The van der Waals surface area contributed by atoms with Crippen LogP contribution in [0.3, 0.4) is 0 Å². The summed E-state index contributed by atoms with van der Waals surface area (Å²) in [5.41, 5.74) is 1.50. The molecule has 0 spiro atoms. The van der Waals surface area contributed by atoms with Crippen molar-refractivity contribution in [2.45, 2.75) is 84.2 Å². The van der Waals surface area contributed by atoms with Gasteiger partial charge in [0.15, 0.2) is 8.32 Å². The summed E-state index contributed by atoms with van der Waals surface area (Å²) in [5, 5.41) is 0.0534. The van der Waals surface area contributed by atoms with E-state index in [1.807, 2.05) is 58.0 Å². The van der Waals surface area contributed by atoms with Crippen molar-refractivity contribution in [2.75, 3.05) is 13.2 Å². The molecule has 196 valence electrons. The van der Waals surface area contributed by atoms with Crippen LogP contribution in [0.1, 0.15) is 52.7 Å². The van der Waals surface area contributed by atoms with Gasteiger partial charge in [0.2, 0.25) is 0 Å². The second kappa shape index (κ2) is 11.7. The van der Waals surface area contributed by atoms with Crippen molar-refractivity contribution in [2.24, 2.45) is 11.3 Å². The van der Waals surface area contributed by atoms with Gasteiger partial charge >= 0.3 is 0 Å². The van der Waals surface area contributed by atoms with Crippen LogP contribution in [0.2, 0.25) is 18.1 Å². The standard InChI is InChI=1S/C28H44O5SSi/c1-22-15-17-25(18-16-22)34(29,30)33-26(23(2)19-31-20-24-13-11-10-12-14-24)28(6,7)21-32-35(8,9)27(3,4)5/h10-18,23,26H,19-21H2,1-9H3/t23-,26?/m0/s1. The monoisotopic (exact) mass is 520 g/mol. The summed E-state index contributed by atoms with van der Waals surface area (Å²) >= 11 is 0. The Bertz CT molecular complexity index is 1030. The lowest BCUT2D eigenvalue weighted by Gasteiger charge is -2.42.